The highest BCUT2D eigenvalue weighted by atomic mass is 16.5. The molecule has 7 rings (SSSR count). The van der Waals surface area contributed by atoms with Crippen molar-refractivity contribution in [3.8, 4) is 67.1 Å². The van der Waals surface area contributed by atoms with Crippen molar-refractivity contribution >= 4 is 0 Å². The molecule has 0 aromatic heterocycles. The Morgan fingerprint density at radius 2 is 0.594 bits per heavy atom. The Bertz CT molecular complexity index is 2130. The molecule has 2 nitrogen and oxygen atoms in total. The second-order valence-electron chi connectivity index (χ2n) is 18.8. The zero-order chi connectivity index (χ0) is 44.4. The van der Waals surface area contributed by atoms with Gasteiger partial charge in [-0.05, 0) is 122 Å². The molecule has 0 N–H and O–H groups in total. The maximum atomic E-state index is 6.07. The van der Waals surface area contributed by atoms with Crippen molar-refractivity contribution < 1.29 is 9.47 Å². The largest absolute Gasteiger partial charge is 0.494 e. The third kappa shape index (κ3) is 12.4. The quantitative estimate of drug-likeness (QED) is 0.0481. The van der Waals surface area contributed by atoms with Gasteiger partial charge >= 0.3 is 0 Å². The van der Waals surface area contributed by atoms with Crippen molar-refractivity contribution in [3.05, 3.63) is 145 Å². The molecule has 0 fully saturated rings. The lowest BCUT2D eigenvalue weighted by atomic mass is 9.75. The molecule has 1 aliphatic carbocycles. The standard InChI is InChI=1S/C62H76O2/c1-5-8-11-14-17-20-43-62(4)60-46-54(52-27-23-48(24-28-52)50-31-37-56(38-32-50)63-44-21-18-15-12-9-6-2)35-41-58(60)59-42-36-55(47-61(59)62)53-29-25-49(26-30-53)51-33-39-57(40-34-51)64-45-22-19-16-13-10-7-3/h23-42,46-47H,5-22,43-45H2,1-4H3. The number of hydrogen-bond donors (Lipinski definition) is 0. The first-order valence-corrected chi connectivity index (χ1v) is 25.5. The summed E-state index contributed by atoms with van der Waals surface area (Å²) < 4.78 is 12.1. The van der Waals surface area contributed by atoms with Crippen LogP contribution in [0.3, 0.4) is 0 Å². The summed E-state index contributed by atoms with van der Waals surface area (Å²) >= 11 is 0. The monoisotopic (exact) mass is 853 g/mol. The molecule has 0 aliphatic heterocycles. The topological polar surface area (TPSA) is 18.5 Å². The molecule has 0 saturated carbocycles. The van der Waals surface area contributed by atoms with E-state index in [4.69, 9.17) is 9.47 Å². The molecule has 0 spiro atoms. The molecule has 0 bridgehead atoms. The summed E-state index contributed by atoms with van der Waals surface area (Å²) in [5.74, 6) is 1.92. The van der Waals surface area contributed by atoms with Gasteiger partial charge in [0, 0.05) is 5.41 Å². The van der Waals surface area contributed by atoms with Gasteiger partial charge in [0.15, 0.2) is 0 Å². The lowest BCUT2D eigenvalue weighted by Crippen LogP contribution is -2.20. The number of rotatable bonds is 27. The summed E-state index contributed by atoms with van der Waals surface area (Å²) in [5.41, 5.74) is 15.7. The number of hydrogen-bond acceptors (Lipinski definition) is 2. The summed E-state index contributed by atoms with van der Waals surface area (Å²) in [5, 5.41) is 0. The van der Waals surface area contributed by atoms with Crippen molar-refractivity contribution in [2.45, 2.75) is 155 Å². The molecule has 64 heavy (non-hydrogen) atoms. The van der Waals surface area contributed by atoms with Crippen molar-refractivity contribution in [3.63, 3.8) is 0 Å². The molecule has 336 valence electrons. The molecule has 0 saturated heterocycles. The molecule has 6 aromatic carbocycles. The van der Waals surface area contributed by atoms with Crippen LogP contribution in [0.4, 0.5) is 0 Å². The van der Waals surface area contributed by atoms with Crippen LogP contribution in [0.2, 0.25) is 0 Å². The highest BCUT2D eigenvalue weighted by Gasteiger charge is 2.39. The predicted molar refractivity (Wildman–Crippen MR) is 276 cm³/mol. The Kier molecular flexibility index (Phi) is 17.8. The zero-order valence-corrected chi connectivity index (χ0v) is 39.9. The minimum absolute atomic E-state index is 0.0565. The molecule has 0 atom stereocenters. The molecule has 0 amide bonds. The van der Waals surface area contributed by atoms with Crippen molar-refractivity contribution in [1.82, 2.24) is 0 Å². The summed E-state index contributed by atoms with van der Waals surface area (Å²) in [7, 11) is 0. The lowest BCUT2D eigenvalue weighted by molar-refractivity contribution is 0.304. The van der Waals surface area contributed by atoms with Gasteiger partial charge in [-0.3, -0.25) is 0 Å². The normalized spacial score (nSPS) is 12.6. The van der Waals surface area contributed by atoms with Gasteiger partial charge in [0.1, 0.15) is 11.5 Å². The molecule has 0 radical (unpaired) electrons. The van der Waals surface area contributed by atoms with Gasteiger partial charge in [0.2, 0.25) is 0 Å². The van der Waals surface area contributed by atoms with Gasteiger partial charge in [-0.1, -0.05) is 227 Å². The van der Waals surface area contributed by atoms with Crippen molar-refractivity contribution in [2.24, 2.45) is 0 Å². The minimum atomic E-state index is -0.0565. The number of fused-ring (bicyclic) bond motifs is 3. The van der Waals surface area contributed by atoms with Crippen LogP contribution in [0.15, 0.2) is 133 Å². The van der Waals surface area contributed by atoms with Crippen LogP contribution in [-0.4, -0.2) is 13.2 Å². The molecule has 6 aromatic rings. The van der Waals surface area contributed by atoms with Crippen LogP contribution in [0.5, 0.6) is 11.5 Å². The van der Waals surface area contributed by atoms with Gasteiger partial charge in [0.05, 0.1) is 13.2 Å². The Hall–Kier alpha value is -5.08. The Morgan fingerprint density at radius 3 is 0.953 bits per heavy atom. The summed E-state index contributed by atoms with van der Waals surface area (Å²) in [6.45, 7) is 11.0. The van der Waals surface area contributed by atoms with Crippen LogP contribution in [0, 0.1) is 0 Å². The Morgan fingerprint density at radius 1 is 0.312 bits per heavy atom. The van der Waals surface area contributed by atoms with Crippen molar-refractivity contribution in [2.75, 3.05) is 13.2 Å². The van der Waals surface area contributed by atoms with E-state index in [-0.39, 0.29) is 5.41 Å². The second-order valence-corrected chi connectivity index (χ2v) is 18.8. The number of unbranched alkanes of at least 4 members (excludes halogenated alkanes) is 15. The average Bonchev–Trinajstić information content (AvgIpc) is 3.58. The van der Waals surface area contributed by atoms with E-state index in [9.17, 15) is 0 Å². The first-order chi connectivity index (χ1) is 31.5. The summed E-state index contributed by atoms with van der Waals surface area (Å²) in [4.78, 5) is 0. The third-order valence-corrected chi connectivity index (χ3v) is 13.9. The molecular formula is C62H76O2. The summed E-state index contributed by atoms with van der Waals surface area (Å²) in [6.07, 6.45) is 24.3. The molecule has 1 aliphatic rings. The maximum absolute atomic E-state index is 6.07. The van der Waals surface area contributed by atoms with Crippen LogP contribution >= 0.6 is 0 Å². The fourth-order valence-corrected chi connectivity index (χ4v) is 9.85. The SMILES string of the molecule is CCCCCCCCOc1ccc(-c2ccc(-c3ccc4c(c3)C(C)(CCCCCCCC)c3cc(-c5ccc(-c6ccc(OCCCCCCCC)cc6)cc5)ccc3-4)cc2)cc1. The van der Waals surface area contributed by atoms with Crippen LogP contribution in [0.25, 0.3) is 55.6 Å². The first kappa shape index (κ1) is 46.9. The molecule has 0 unspecified atom stereocenters. The van der Waals surface area contributed by atoms with Crippen molar-refractivity contribution in [1.29, 1.82) is 0 Å². The van der Waals surface area contributed by atoms with E-state index in [2.05, 4.69) is 161 Å². The van der Waals surface area contributed by atoms with E-state index in [1.807, 2.05) is 0 Å². The molecular weight excluding hydrogens is 777 g/mol. The average molecular weight is 853 g/mol. The van der Waals surface area contributed by atoms with Gasteiger partial charge in [-0.25, -0.2) is 0 Å². The Labute approximate surface area is 387 Å². The van der Waals surface area contributed by atoms with E-state index >= 15 is 0 Å². The lowest BCUT2D eigenvalue weighted by Gasteiger charge is -2.28. The van der Waals surface area contributed by atoms with E-state index in [0.717, 1.165) is 44.0 Å². The fraction of sp³-hybridized carbons (Fsp3) is 0.419. The second kappa shape index (κ2) is 24.3. The third-order valence-electron chi connectivity index (χ3n) is 13.9. The smallest absolute Gasteiger partial charge is 0.119 e. The van der Waals surface area contributed by atoms with Crippen LogP contribution < -0.4 is 9.47 Å². The van der Waals surface area contributed by atoms with E-state index in [1.165, 1.54) is 169 Å². The first-order valence-electron chi connectivity index (χ1n) is 25.5. The van der Waals surface area contributed by atoms with Crippen LogP contribution in [0.1, 0.15) is 161 Å². The van der Waals surface area contributed by atoms with Gasteiger partial charge < -0.3 is 9.47 Å². The molecule has 2 heteroatoms. The number of ether oxygens (including phenoxy) is 2. The Balaban J connectivity index is 1.04. The van der Waals surface area contributed by atoms with Gasteiger partial charge in [0.25, 0.3) is 0 Å². The van der Waals surface area contributed by atoms with E-state index in [0.29, 0.717) is 0 Å². The highest BCUT2D eigenvalue weighted by molar-refractivity contribution is 5.86. The molecule has 0 heterocycles. The zero-order valence-electron chi connectivity index (χ0n) is 39.9. The maximum Gasteiger partial charge on any atom is 0.119 e. The number of benzene rings is 6. The minimum Gasteiger partial charge on any atom is -0.494 e. The fourth-order valence-electron chi connectivity index (χ4n) is 9.85. The van der Waals surface area contributed by atoms with E-state index < -0.39 is 0 Å². The van der Waals surface area contributed by atoms with E-state index in [1.54, 1.807) is 0 Å². The van der Waals surface area contributed by atoms with Crippen LogP contribution in [-0.2, 0) is 5.41 Å². The predicted octanol–water partition coefficient (Wildman–Crippen LogP) is 18.9. The van der Waals surface area contributed by atoms with Gasteiger partial charge in [-0.15, -0.1) is 0 Å². The van der Waals surface area contributed by atoms with Gasteiger partial charge in [-0.2, -0.15) is 0 Å². The highest BCUT2D eigenvalue weighted by Crippen LogP contribution is 2.53. The summed E-state index contributed by atoms with van der Waals surface area (Å²) in [6, 6.07) is 50.1.